The lowest BCUT2D eigenvalue weighted by atomic mass is 10.1. The van der Waals surface area contributed by atoms with Crippen molar-refractivity contribution in [1.29, 1.82) is 0 Å². The van der Waals surface area contributed by atoms with E-state index in [1.54, 1.807) is 12.1 Å². The molecule has 104 valence electrons. The standard InChI is InChI=1S/C15H16N2O3/c1-10-4-3-5-12(8-10)17-14(15(18)19)11-6-7-13(20-2)16-9-11/h3-9,14,17H,1-2H3,(H,18,19). The van der Waals surface area contributed by atoms with Gasteiger partial charge in [0.25, 0.3) is 0 Å². The van der Waals surface area contributed by atoms with Crippen LogP contribution in [0.4, 0.5) is 5.69 Å². The van der Waals surface area contributed by atoms with Crippen molar-refractivity contribution < 1.29 is 14.6 Å². The number of pyridine rings is 1. The predicted molar refractivity (Wildman–Crippen MR) is 76.0 cm³/mol. The number of ether oxygens (including phenoxy) is 1. The number of benzene rings is 1. The molecule has 0 amide bonds. The van der Waals surface area contributed by atoms with Gasteiger partial charge >= 0.3 is 5.97 Å². The SMILES string of the molecule is COc1ccc(C(Nc2cccc(C)c2)C(=O)O)cn1. The van der Waals surface area contributed by atoms with E-state index in [1.807, 2.05) is 31.2 Å². The van der Waals surface area contributed by atoms with Gasteiger partial charge in [0, 0.05) is 23.5 Å². The largest absolute Gasteiger partial charge is 0.481 e. The quantitative estimate of drug-likeness (QED) is 0.875. The second-order valence-corrected chi connectivity index (χ2v) is 4.42. The Labute approximate surface area is 117 Å². The highest BCUT2D eigenvalue weighted by atomic mass is 16.5. The summed E-state index contributed by atoms with van der Waals surface area (Å²) in [4.78, 5) is 15.5. The fourth-order valence-electron chi connectivity index (χ4n) is 1.87. The lowest BCUT2D eigenvalue weighted by Gasteiger charge is -2.16. The fourth-order valence-corrected chi connectivity index (χ4v) is 1.87. The van der Waals surface area contributed by atoms with Crippen molar-refractivity contribution in [3.8, 4) is 5.88 Å². The lowest BCUT2D eigenvalue weighted by Crippen LogP contribution is -2.20. The van der Waals surface area contributed by atoms with Crippen LogP contribution in [0.2, 0.25) is 0 Å². The van der Waals surface area contributed by atoms with Crippen LogP contribution in [0.5, 0.6) is 5.88 Å². The van der Waals surface area contributed by atoms with Crippen LogP contribution in [-0.4, -0.2) is 23.2 Å². The molecule has 0 fully saturated rings. The molecule has 2 aromatic rings. The van der Waals surface area contributed by atoms with Crippen LogP contribution in [0, 0.1) is 6.92 Å². The number of nitrogens with one attached hydrogen (secondary N) is 1. The van der Waals surface area contributed by atoms with Gasteiger partial charge in [0.15, 0.2) is 6.04 Å². The Morgan fingerprint density at radius 3 is 2.70 bits per heavy atom. The third-order valence-electron chi connectivity index (χ3n) is 2.88. The number of aromatic nitrogens is 1. The van der Waals surface area contributed by atoms with E-state index in [-0.39, 0.29) is 0 Å². The number of carboxylic acid groups (broad SMARTS) is 1. The van der Waals surface area contributed by atoms with Crippen molar-refractivity contribution in [3.63, 3.8) is 0 Å². The number of carbonyl (C=O) groups is 1. The zero-order chi connectivity index (χ0) is 14.5. The molecule has 0 saturated heterocycles. The van der Waals surface area contributed by atoms with Crippen molar-refractivity contribution in [2.24, 2.45) is 0 Å². The maximum Gasteiger partial charge on any atom is 0.330 e. The minimum atomic E-state index is -0.960. The van der Waals surface area contributed by atoms with Crippen LogP contribution in [-0.2, 0) is 4.79 Å². The van der Waals surface area contributed by atoms with Crippen molar-refractivity contribution in [2.75, 3.05) is 12.4 Å². The molecule has 5 heteroatoms. The van der Waals surface area contributed by atoms with Crippen LogP contribution < -0.4 is 10.1 Å². The highest BCUT2D eigenvalue weighted by molar-refractivity contribution is 5.79. The van der Waals surface area contributed by atoms with Gasteiger partial charge in [0.1, 0.15) is 0 Å². The maximum absolute atomic E-state index is 11.4. The summed E-state index contributed by atoms with van der Waals surface area (Å²) in [6, 6.07) is 10.0. The summed E-state index contributed by atoms with van der Waals surface area (Å²) in [6.07, 6.45) is 1.50. The Balaban J connectivity index is 2.24. The van der Waals surface area contributed by atoms with Gasteiger partial charge in [0.2, 0.25) is 5.88 Å². The van der Waals surface area contributed by atoms with E-state index in [2.05, 4.69) is 10.3 Å². The molecular formula is C15H16N2O3. The fraction of sp³-hybridized carbons (Fsp3) is 0.200. The van der Waals surface area contributed by atoms with Gasteiger partial charge in [-0.25, -0.2) is 9.78 Å². The first-order valence-electron chi connectivity index (χ1n) is 6.16. The van der Waals surface area contributed by atoms with E-state index in [1.165, 1.54) is 13.3 Å². The Hall–Kier alpha value is -2.56. The molecule has 1 aromatic heterocycles. The Kier molecular flexibility index (Phi) is 4.20. The van der Waals surface area contributed by atoms with Crippen LogP contribution in [0.15, 0.2) is 42.6 Å². The molecule has 5 nitrogen and oxygen atoms in total. The number of anilines is 1. The monoisotopic (exact) mass is 272 g/mol. The number of nitrogens with zero attached hydrogens (tertiary/aromatic N) is 1. The van der Waals surface area contributed by atoms with Gasteiger partial charge in [-0.1, -0.05) is 12.1 Å². The van der Waals surface area contributed by atoms with E-state index in [0.717, 1.165) is 11.3 Å². The summed E-state index contributed by atoms with van der Waals surface area (Å²) in [5, 5.41) is 12.4. The highest BCUT2D eigenvalue weighted by Crippen LogP contribution is 2.21. The summed E-state index contributed by atoms with van der Waals surface area (Å²) >= 11 is 0. The molecule has 0 radical (unpaired) electrons. The predicted octanol–water partition coefficient (Wildman–Crippen LogP) is 2.64. The number of carboxylic acids is 1. The Morgan fingerprint density at radius 1 is 1.35 bits per heavy atom. The van der Waals surface area contributed by atoms with Crippen LogP contribution >= 0.6 is 0 Å². The first-order valence-corrected chi connectivity index (χ1v) is 6.16. The zero-order valence-electron chi connectivity index (χ0n) is 11.3. The maximum atomic E-state index is 11.4. The first kappa shape index (κ1) is 13.9. The molecule has 1 unspecified atom stereocenters. The third-order valence-corrected chi connectivity index (χ3v) is 2.88. The summed E-state index contributed by atoms with van der Waals surface area (Å²) in [5.41, 5.74) is 2.39. The number of rotatable bonds is 5. The molecule has 0 spiro atoms. The van der Waals surface area contributed by atoms with E-state index in [9.17, 15) is 9.90 Å². The first-order chi connectivity index (χ1) is 9.60. The number of hydrogen-bond donors (Lipinski definition) is 2. The summed E-state index contributed by atoms with van der Waals surface area (Å²) in [6.45, 7) is 1.95. The zero-order valence-corrected chi connectivity index (χ0v) is 11.3. The Morgan fingerprint density at radius 2 is 2.15 bits per heavy atom. The second-order valence-electron chi connectivity index (χ2n) is 4.42. The summed E-state index contributed by atoms with van der Waals surface area (Å²) in [7, 11) is 1.52. The van der Waals surface area contributed by atoms with Gasteiger partial charge in [0.05, 0.1) is 7.11 Å². The molecule has 0 aliphatic carbocycles. The van der Waals surface area contributed by atoms with Crippen molar-refractivity contribution in [1.82, 2.24) is 4.98 Å². The molecule has 2 rings (SSSR count). The van der Waals surface area contributed by atoms with Crippen LogP contribution in [0.25, 0.3) is 0 Å². The molecule has 2 N–H and O–H groups in total. The van der Waals surface area contributed by atoms with E-state index >= 15 is 0 Å². The van der Waals surface area contributed by atoms with Gasteiger partial charge in [-0.3, -0.25) is 0 Å². The van der Waals surface area contributed by atoms with Gasteiger partial charge in [-0.15, -0.1) is 0 Å². The molecule has 20 heavy (non-hydrogen) atoms. The molecule has 1 aromatic carbocycles. The van der Waals surface area contributed by atoms with Crippen molar-refractivity contribution in [3.05, 3.63) is 53.7 Å². The molecule has 0 aliphatic rings. The van der Waals surface area contributed by atoms with Crippen LogP contribution in [0.1, 0.15) is 17.2 Å². The minimum Gasteiger partial charge on any atom is -0.481 e. The topological polar surface area (TPSA) is 71.5 Å². The van der Waals surface area contributed by atoms with Gasteiger partial charge in [-0.2, -0.15) is 0 Å². The lowest BCUT2D eigenvalue weighted by molar-refractivity contribution is -0.138. The van der Waals surface area contributed by atoms with Gasteiger partial charge < -0.3 is 15.2 Å². The molecule has 0 saturated carbocycles. The Bertz CT molecular complexity index is 596. The third kappa shape index (κ3) is 3.26. The molecule has 0 aliphatic heterocycles. The van der Waals surface area contributed by atoms with E-state index in [4.69, 9.17) is 4.74 Å². The van der Waals surface area contributed by atoms with Crippen molar-refractivity contribution in [2.45, 2.75) is 13.0 Å². The normalized spacial score (nSPS) is 11.7. The second kappa shape index (κ2) is 6.06. The number of aryl methyl sites for hydroxylation is 1. The van der Waals surface area contributed by atoms with Crippen LogP contribution in [0.3, 0.4) is 0 Å². The summed E-state index contributed by atoms with van der Waals surface area (Å²) < 4.78 is 4.96. The molecule has 0 bridgehead atoms. The number of aliphatic carboxylic acids is 1. The highest BCUT2D eigenvalue weighted by Gasteiger charge is 2.20. The summed E-state index contributed by atoms with van der Waals surface area (Å²) in [5.74, 6) is -0.507. The average molecular weight is 272 g/mol. The molecular weight excluding hydrogens is 256 g/mol. The molecule has 1 heterocycles. The number of hydrogen-bond acceptors (Lipinski definition) is 4. The van der Waals surface area contributed by atoms with Crippen molar-refractivity contribution >= 4 is 11.7 Å². The molecule has 1 atom stereocenters. The smallest absolute Gasteiger partial charge is 0.330 e. The minimum absolute atomic E-state index is 0.452. The van der Waals surface area contributed by atoms with E-state index in [0.29, 0.717) is 11.4 Å². The average Bonchev–Trinajstić information content (AvgIpc) is 2.45. The van der Waals surface area contributed by atoms with Gasteiger partial charge in [-0.05, 0) is 30.7 Å². The van der Waals surface area contributed by atoms with E-state index < -0.39 is 12.0 Å². The number of methoxy groups -OCH3 is 1.